The lowest BCUT2D eigenvalue weighted by Crippen LogP contribution is -2.43. The summed E-state index contributed by atoms with van der Waals surface area (Å²) in [4.78, 5) is 16.3. The summed E-state index contributed by atoms with van der Waals surface area (Å²) in [6.07, 6.45) is 4.85. The number of halogens is 3. The molecule has 27 heavy (non-hydrogen) atoms. The summed E-state index contributed by atoms with van der Waals surface area (Å²) in [5, 5.41) is 4.34. The number of rotatable bonds is 3. The van der Waals surface area contributed by atoms with E-state index in [-0.39, 0.29) is 0 Å². The number of nitrogens with zero attached hydrogens (tertiary/aromatic N) is 4. The largest absolute Gasteiger partial charge is 0.365 e. The summed E-state index contributed by atoms with van der Waals surface area (Å²) in [6, 6.07) is 1.84. The van der Waals surface area contributed by atoms with Gasteiger partial charge in [-0.25, -0.2) is 15.0 Å². The van der Waals surface area contributed by atoms with E-state index in [1.165, 1.54) is 25.7 Å². The number of aryl methyl sites for hydroxylation is 1. The zero-order valence-electron chi connectivity index (χ0n) is 15.2. The van der Waals surface area contributed by atoms with E-state index in [0.29, 0.717) is 27.6 Å². The molecule has 0 bridgehead atoms. The molecule has 144 valence electrons. The number of pyridine rings is 1. The normalized spacial score (nSPS) is 18.3. The molecule has 0 amide bonds. The molecule has 0 radical (unpaired) electrons. The highest BCUT2D eigenvalue weighted by Crippen LogP contribution is 2.39. The predicted octanol–water partition coefficient (Wildman–Crippen LogP) is 4.98. The number of hydrogen-bond donors (Lipinski definition) is 1. The Bertz CT molecular complexity index is 825. The van der Waals surface area contributed by atoms with E-state index in [2.05, 4.69) is 36.1 Å². The first-order chi connectivity index (χ1) is 13.0. The quantitative estimate of drug-likeness (QED) is 0.640. The van der Waals surface area contributed by atoms with Gasteiger partial charge >= 0.3 is 0 Å². The first-order valence-corrected chi connectivity index (χ1v) is 11.0. The van der Waals surface area contributed by atoms with Crippen molar-refractivity contribution in [3.8, 4) is 11.5 Å². The summed E-state index contributed by atoms with van der Waals surface area (Å²) in [5.41, 5.74) is 3.42. The molecule has 8 heteroatoms. The SMILES string of the molecule is Cc1nc(-c2cc(Cl)c(N3CCNCC3)c(Cl)n2)nc(C2CCCC2)c1Br. The smallest absolute Gasteiger partial charge is 0.178 e. The van der Waals surface area contributed by atoms with Gasteiger partial charge in [-0.15, -0.1) is 0 Å². The van der Waals surface area contributed by atoms with Crippen LogP contribution in [0.1, 0.15) is 43.0 Å². The Hall–Kier alpha value is -0.950. The number of hydrogen-bond acceptors (Lipinski definition) is 5. The lowest BCUT2D eigenvalue weighted by Gasteiger charge is -2.30. The van der Waals surface area contributed by atoms with Gasteiger partial charge in [-0.3, -0.25) is 0 Å². The Balaban J connectivity index is 1.73. The van der Waals surface area contributed by atoms with Crippen LogP contribution in [0.3, 0.4) is 0 Å². The number of anilines is 1. The van der Waals surface area contributed by atoms with Crippen molar-refractivity contribution in [2.45, 2.75) is 38.5 Å². The summed E-state index contributed by atoms with van der Waals surface area (Å²) >= 11 is 16.8. The fraction of sp³-hybridized carbons (Fsp3) is 0.526. The zero-order valence-corrected chi connectivity index (χ0v) is 18.3. The molecule has 3 heterocycles. The predicted molar refractivity (Wildman–Crippen MR) is 114 cm³/mol. The van der Waals surface area contributed by atoms with Gasteiger partial charge in [-0.1, -0.05) is 36.0 Å². The van der Waals surface area contributed by atoms with Crippen molar-refractivity contribution in [1.82, 2.24) is 20.3 Å². The van der Waals surface area contributed by atoms with Crippen molar-refractivity contribution in [2.75, 3.05) is 31.1 Å². The van der Waals surface area contributed by atoms with Crippen molar-refractivity contribution in [3.63, 3.8) is 0 Å². The molecule has 0 unspecified atom stereocenters. The summed E-state index contributed by atoms with van der Waals surface area (Å²) < 4.78 is 1.01. The fourth-order valence-corrected chi connectivity index (χ4v) is 5.10. The monoisotopic (exact) mass is 469 g/mol. The third kappa shape index (κ3) is 3.95. The molecule has 1 aliphatic heterocycles. The van der Waals surface area contributed by atoms with Gasteiger partial charge in [0.2, 0.25) is 0 Å². The highest BCUT2D eigenvalue weighted by molar-refractivity contribution is 9.10. The molecule has 1 saturated heterocycles. The van der Waals surface area contributed by atoms with Gasteiger partial charge in [0.25, 0.3) is 0 Å². The summed E-state index contributed by atoms with van der Waals surface area (Å²) in [5.74, 6) is 1.07. The minimum Gasteiger partial charge on any atom is -0.365 e. The molecule has 0 spiro atoms. The number of aromatic nitrogens is 3. The molecule has 1 saturated carbocycles. The van der Waals surface area contributed by atoms with Crippen LogP contribution in [-0.4, -0.2) is 41.1 Å². The molecule has 0 atom stereocenters. The van der Waals surface area contributed by atoms with E-state index < -0.39 is 0 Å². The second-order valence-corrected chi connectivity index (χ2v) is 8.74. The Labute approximate surface area is 178 Å². The van der Waals surface area contributed by atoms with Crippen LogP contribution in [0.15, 0.2) is 10.5 Å². The molecule has 1 aliphatic carbocycles. The summed E-state index contributed by atoms with van der Waals surface area (Å²) in [7, 11) is 0. The second kappa shape index (κ2) is 8.19. The van der Waals surface area contributed by atoms with Crippen molar-refractivity contribution in [2.24, 2.45) is 0 Å². The van der Waals surface area contributed by atoms with Crippen molar-refractivity contribution >= 4 is 44.8 Å². The van der Waals surface area contributed by atoms with Crippen LogP contribution in [0.5, 0.6) is 0 Å². The van der Waals surface area contributed by atoms with E-state index in [1.54, 1.807) is 0 Å². The molecule has 4 rings (SSSR count). The van der Waals surface area contributed by atoms with E-state index in [9.17, 15) is 0 Å². The maximum absolute atomic E-state index is 6.60. The van der Waals surface area contributed by atoms with Crippen LogP contribution < -0.4 is 10.2 Å². The fourth-order valence-electron chi connectivity index (χ4n) is 3.93. The molecule has 2 aromatic rings. The topological polar surface area (TPSA) is 53.9 Å². The maximum atomic E-state index is 6.60. The van der Waals surface area contributed by atoms with Crippen LogP contribution in [-0.2, 0) is 0 Å². The minimum atomic E-state index is 0.408. The van der Waals surface area contributed by atoms with Gasteiger partial charge in [-0.2, -0.15) is 0 Å². The van der Waals surface area contributed by atoms with Gasteiger partial charge in [0.05, 0.1) is 26.6 Å². The highest BCUT2D eigenvalue weighted by atomic mass is 79.9. The van der Waals surface area contributed by atoms with Crippen LogP contribution in [0.2, 0.25) is 10.2 Å². The Morgan fingerprint density at radius 1 is 1.11 bits per heavy atom. The van der Waals surface area contributed by atoms with Crippen LogP contribution in [0.25, 0.3) is 11.5 Å². The first-order valence-electron chi connectivity index (χ1n) is 9.40. The van der Waals surface area contributed by atoms with Crippen molar-refractivity contribution < 1.29 is 0 Å². The van der Waals surface area contributed by atoms with Gasteiger partial charge in [-0.05, 0) is 41.8 Å². The van der Waals surface area contributed by atoms with Crippen LogP contribution in [0.4, 0.5) is 5.69 Å². The molecular weight excluding hydrogens is 449 g/mol. The van der Waals surface area contributed by atoms with Gasteiger partial charge < -0.3 is 10.2 Å². The Morgan fingerprint density at radius 2 is 1.81 bits per heavy atom. The van der Waals surface area contributed by atoms with Crippen LogP contribution in [0, 0.1) is 6.92 Å². The molecule has 2 aromatic heterocycles. The van der Waals surface area contributed by atoms with Gasteiger partial charge in [0.1, 0.15) is 5.69 Å². The van der Waals surface area contributed by atoms with E-state index >= 15 is 0 Å². The minimum absolute atomic E-state index is 0.408. The summed E-state index contributed by atoms with van der Waals surface area (Å²) in [6.45, 7) is 5.54. The van der Waals surface area contributed by atoms with E-state index in [0.717, 1.165) is 47.7 Å². The molecule has 0 aromatic carbocycles. The molecular formula is C19H22BrCl2N5. The Morgan fingerprint density at radius 3 is 2.48 bits per heavy atom. The third-order valence-electron chi connectivity index (χ3n) is 5.35. The molecule has 2 fully saturated rings. The van der Waals surface area contributed by atoms with E-state index in [4.69, 9.17) is 28.2 Å². The lowest BCUT2D eigenvalue weighted by atomic mass is 10.0. The van der Waals surface area contributed by atoms with Gasteiger partial charge in [0, 0.05) is 32.1 Å². The lowest BCUT2D eigenvalue weighted by molar-refractivity contribution is 0.589. The first kappa shape index (κ1) is 19.4. The average molecular weight is 471 g/mol. The number of nitrogens with one attached hydrogen (secondary N) is 1. The van der Waals surface area contributed by atoms with Gasteiger partial charge in [0.15, 0.2) is 11.0 Å². The molecule has 2 aliphatic rings. The maximum Gasteiger partial charge on any atom is 0.178 e. The van der Waals surface area contributed by atoms with E-state index in [1.807, 2.05) is 13.0 Å². The number of piperazine rings is 1. The Kier molecular flexibility index (Phi) is 5.88. The average Bonchev–Trinajstić information content (AvgIpc) is 3.18. The second-order valence-electron chi connectivity index (χ2n) is 7.18. The zero-order chi connectivity index (χ0) is 19.0. The third-order valence-corrected chi connectivity index (χ3v) is 6.88. The molecule has 5 nitrogen and oxygen atoms in total. The van der Waals surface area contributed by atoms with Crippen molar-refractivity contribution in [3.05, 3.63) is 32.1 Å². The van der Waals surface area contributed by atoms with Crippen LogP contribution >= 0.6 is 39.1 Å². The highest BCUT2D eigenvalue weighted by Gasteiger charge is 2.25. The standard InChI is InChI=1S/C19H22BrCl2N5/c1-11-15(20)16(12-4-2-3-5-12)26-19(24-11)14-10-13(21)17(18(22)25-14)27-8-6-23-7-9-27/h10,12,23H,2-9H2,1H3. The molecule has 1 N–H and O–H groups in total. The van der Waals surface area contributed by atoms with Crippen molar-refractivity contribution in [1.29, 1.82) is 0 Å².